The lowest BCUT2D eigenvalue weighted by Gasteiger charge is -1.99. The second-order valence-corrected chi connectivity index (χ2v) is 11.2. The molecular formula is C13H11Br2N8O2S4+. The van der Waals surface area contributed by atoms with Crippen LogP contribution in [0, 0.1) is 0 Å². The van der Waals surface area contributed by atoms with Crippen molar-refractivity contribution in [3.05, 3.63) is 21.2 Å². The van der Waals surface area contributed by atoms with Gasteiger partial charge in [-0.2, -0.15) is 0 Å². The molecule has 29 heavy (non-hydrogen) atoms. The molecule has 3 rings (SSSR count). The van der Waals surface area contributed by atoms with Crippen molar-refractivity contribution >= 4 is 106 Å². The van der Waals surface area contributed by atoms with Crippen molar-refractivity contribution < 1.29 is 14.6 Å². The SMILES string of the molecule is Nc1nnc(SCC(=O)Nc2nnc(SCC(=O)Nc3[nH+]cc(Br)cc3Br)s2)s1. The highest BCUT2D eigenvalue weighted by molar-refractivity contribution is 9.11. The molecule has 16 heteroatoms. The molecule has 0 bridgehead atoms. The maximum absolute atomic E-state index is 12.1. The van der Waals surface area contributed by atoms with Crippen molar-refractivity contribution in [2.75, 3.05) is 27.9 Å². The molecule has 3 aromatic rings. The number of aromatic amines is 1. The number of hydrogen-bond acceptors (Lipinski definition) is 11. The van der Waals surface area contributed by atoms with E-state index in [1.165, 1.54) is 46.2 Å². The predicted octanol–water partition coefficient (Wildman–Crippen LogP) is 2.77. The first kappa shape index (κ1) is 22.4. The highest BCUT2D eigenvalue weighted by atomic mass is 79.9. The largest absolute Gasteiger partial charge is 0.374 e. The van der Waals surface area contributed by atoms with Gasteiger partial charge in [0.25, 0.3) is 5.82 Å². The summed E-state index contributed by atoms with van der Waals surface area (Å²) in [5.41, 5.74) is 5.50. The molecule has 3 heterocycles. The number of thioether (sulfide) groups is 2. The van der Waals surface area contributed by atoms with Gasteiger partial charge < -0.3 is 5.73 Å². The van der Waals surface area contributed by atoms with Gasteiger partial charge >= 0.3 is 5.91 Å². The molecule has 0 atom stereocenters. The predicted molar refractivity (Wildman–Crippen MR) is 121 cm³/mol. The number of H-pyrrole nitrogens is 1. The summed E-state index contributed by atoms with van der Waals surface area (Å²) >= 11 is 11.6. The fourth-order valence-corrected chi connectivity index (χ4v) is 5.84. The van der Waals surface area contributed by atoms with Crippen molar-refractivity contribution in [3.8, 4) is 0 Å². The van der Waals surface area contributed by atoms with Gasteiger partial charge in [-0.1, -0.05) is 46.2 Å². The normalized spacial score (nSPS) is 10.7. The molecule has 0 saturated heterocycles. The number of anilines is 3. The minimum absolute atomic E-state index is 0.146. The second kappa shape index (κ2) is 10.6. The monoisotopic (exact) mass is 597 g/mol. The Bertz CT molecular complexity index is 1030. The Kier molecular flexibility index (Phi) is 8.19. The first-order valence-corrected chi connectivity index (χ1v) is 12.7. The number of nitrogens with one attached hydrogen (secondary N) is 3. The Morgan fingerprint density at radius 1 is 1.03 bits per heavy atom. The number of aromatic nitrogens is 5. The molecule has 0 aliphatic carbocycles. The minimum atomic E-state index is -0.246. The van der Waals surface area contributed by atoms with E-state index in [9.17, 15) is 9.59 Å². The molecule has 0 saturated carbocycles. The van der Waals surface area contributed by atoms with E-state index < -0.39 is 0 Å². The molecule has 0 aromatic carbocycles. The van der Waals surface area contributed by atoms with Crippen LogP contribution in [0.15, 0.2) is 29.9 Å². The van der Waals surface area contributed by atoms with Crippen LogP contribution in [0.25, 0.3) is 0 Å². The van der Waals surface area contributed by atoms with Crippen molar-refractivity contribution in [1.82, 2.24) is 20.4 Å². The quantitative estimate of drug-likeness (QED) is 0.263. The number of carbonyl (C=O) groups is 2. The Balaban J connectivity index is 1.43. The zero-order valence-electron chi connectivity index (χ0n) is 14.1. The van der Waals surface area contributed by atoms with E-state index in [1.54, 1.807) is 6.20 Å². The zero-order valence-corrected chi connectivity index (χ0v) is 20.6. The summed E-state index contributed by atoms with van der Waals surface area (Å²) in [6.07, 6.45) is 1.71. The number of nitrogens with zero attached hydrogens (tertiary/aromatic N) is 4. The van der Waals surface area contributed by atoms with Gasteiger partial charge in [0.2, 0.25) is 16.2 Å². The fourth-order valence-electron chi connectivity index (χ4n) is 1.72. The third-order valence-electron chi connectivity index (χ3n) is 2.85. The van der Waals surface area contributed by atoms with Crippen molar-refractivity contribution in [2.24, 2.45) is 0 Å². The summed E-state index contributed by atoms with van der Waals surface area (Å²) in [6, 6.07) is 1.82. The van der Waals surface area contributed by atoms with Crippen molar-refractivity contribution in [3.63, 3.8) is 0 Å². The molecule has 0 radical (unpaired) electrons. The first-order chi connectivity index (χ1) is 13.9. The van der Waals surface area contributed by atoms with Crippen LogP contribution in [0.5, 0.6) is 0 Å². The Labute approximate surface area is 197 Å². The standard InChI is InChI=1S/C13H10Br2N8O2S4/c14-5-1-6(15)9(17-2-5)18-7(24)3-27-13-23-21-11(29-13)19-8(25)4-26-12-22-20-10(16)28-12/h1-2H,3-4H2,(H2,16,20)(H,17,18,24)(H,19,21,25)/p+1. The molecule has 0 spiro atoms. The number of nitrogens with two attached hydrogens (primary N) is 1. The van der Waals surface area contributed by atoms with Crippen LogP contribution in [0.3, 0.4) is 0 Å². The second-order valence-electron chi connectivity index (χ2n) is 4.99. The summed E-state index contributed by atoms with van der Waals surface area (Å²) in [7, 11) is 0. The maximum atomic E-state index is 12.1. The highest BCUT2D eigenvalue weighted by Crippen LogP contribution is 2.27. The van der Waals surface area contributed by atoms with Crippen LogP contribution < -0.4 is 21.4 Å². The molecule has 152 valence electrons. The number of pyridine rings is 1. The van der Waals surface area contributed by atoms with E-state index in [-0.39, 0.29) is 23.3 Å². The lowest BCUT2D eigenvalue weighted by molar-refractivity contribution is -0.362. The number of halogens is 2. The van der Waals surface area contributed by atoms with Gasteiger partial charge in [-0.05, 0) is 37.9 Å². The lowest BCUT2D eigenvalue weighted by atomic mass is 10.4. The van der Waals surface area contributed by atoms with Crippen LogP contribution in [0.2, 0.25) is 0 Å². The van der Waals surface area contributed by atoms with E-state index in [0.717, 1.165) is 8.95 Å². The number of rotatable bonds is 8. The molecule has 5 N–H and O–H groups in total. The van der Waals surface area contributed by atoms with Crippen LogP contribution in [0.4, 0.5) is 16.1 Å². The van der Waals surface area contributed by atoms with Gasteiger partial charge in [-0.25, -0.2) is 15.1 Å². The summed E-state index contributed by atoms with van der Waals surface area (Å²) in [5, 5.41) is 21.5. The molecule has 10 nitrogen and oxygen atoms in total. The van der Waals surface area contributed by atoms with Crippen LogP contribution in [-0.2, 0) is 9.59 Å². The molecule has 3 aromatic heterocycles. The van der Waals surface area contributed by atoms with Gasteiger partial charge in [-0.15, -0.1) is 20.4 Å². The van der Waals surface area contributed by atoms with E-state index in [0.29, 0.717) is 24.8 Å². The zero-order chi connectivity index (χ0) is 20.8. The van der Waals surface area contributed by atoms with Gasteiger partial charge in [0.15, 0.2) is 8.68 Å². The Morgan fingerprint density at radius 2 is 1.69 bits per heavy atom. The average molecular weight is 599 g/mol. The third kappa shape index (κ3) is 7.14. The third-order valence-corrected chi connectivity index (χ3v) is 7.79. The summed E-state index contributed by atoms with van der Waals surface area (Å²) < 4.78 is 2.76. The number of amides is 2. The van der Waals surface area contributed by atoms with Crippen molar-refractivity contribution in [1.29, 1.82) is 0 Å². The van der Waals surface area contributed by atoms with Gasteiger partial charge in [0, 0.05) is 0 Å². The Hall–Kier alpha value is -1.33. The van der Waals surface area contributed by atoms with Gasteiger partial charge in [0.05, 0.1) is 10.2 Å². The number of nitrogen functional groups attached to an aromatic ring is 1. The number of carbonyl (C=O) groups excluding carboxylic acids is 2. The molecule has 0 aliphatic rings. The van der Waals surface area contributed by atoms with Crippen LogP contribution in [0.1, 0.15) is 0 Å². The summed E-state index contributed by atoms with van der Waals surface area (Å²) in [6.45, 7) is 0. The first-order valence-electron chi connectivity index (χ1n) is 7.53. The molecule has 2 amide bonds. The fraction of sp³-hybridized carbons (Fsp3) is 0.154. The lowest BCUT2D eigenvalue weighted by Crippen LogP contribution is -2.21. The molecule has 0 fully saturated rings. The smallest absolute Gasteiger partial charge is 0.317 e. The summed E-state index contributed by atoms with van der Waals surface area (Å²) in [5.74, 6) is 0.400. The van der Waals surface area contributed by atoms with Gasteiger partial charge in [0.1, 0.15) is 16.4 Å². The maximum Gasteiger partial charge on any atom is 0.317 e. The molecular weight excluding hydrogens is 588 g/mol. The van der Waals surface area contributed by atoms with Gasteiger partial charge in [-0.3, -0.25) is 10.1 Å². The van der Waals surface area contributed by atoms with E-state index in [4.69, 9.17) is 5.73 Å². The number of hydrogen-bond donors (Lipinski definition) is 3. The van der Waals surface area contributed by atoms with E-state index in [1.807, 2.05) is 6.07 Å². The van der Waals surface area contributed by atoms with Crippen LogP contribution in [-0.4, -0.2) is 43.7 Å². The average Bonchev–Trinajstić information content (AvgIpc) is 3.29. The molecule has 0 aliphatic heterocycles. The van der Waals surface area contributed by atoms with E-state index in [2.05, 4.69) is 67.9 Å². The Morgan fingerprint density at radius 3 is 2.34 bits per heavy atom. The summed E-state index contributed by atoms with van der Waals surface area (Å²) in [4.78, 5) is 27.0. The highest BCUT2D eigenvalue weighted by Gasteiger charge is 2.16. The van der Waals surface area contributed by atoms with Crippen molar-refractivity contribution in [2.45, 2.75) is 8.68 Å². The minimum Gasteiger partial charge on any atom is -0.374 e. The molecule has 0 unspecified atom stereocenters. The van der Waals surface area contributed by atoms with Crippen LogP contribution >= 0.6 is 78.1 Å². The topological polar surface area (TPSA) is 150 Å². The van der Waals surface area contributed by atoms with E-state index >= 15 is 0 Å².